The van der Waals surface area contributed by atoms with Crippen LogP contribution in [-0.2, 0) is 4.79 Å². The van der Waals surface area contributed by atoms with Crippen molar-refractivity contribution < 1.29 is 25.2 Å². The minimum Gasteiger partial charge on any atom is -0.394 e. The molecule has 5 unspecified atom stereocenters. The highest BCUT2D eigenvalue weighted by molar-refractivity contribution is 5.80. The molecule has 45 heavy (non-hydrogen) atoms. The minimum absolute atomic E-state index is 0.374. The van der Waals surface area contributed by atoms with Crippen molar-refractivity contribution in [3.05, 3.63) is 0 Å². The summed E-state index contributed by atoms with van der Waals surface area (Å²) in [5.41, 5.74) is 0. The number of amides is 1. The second kappa shape index (κ2) is 33.2. The van der Waals surface area contributed by atoms with Gasteiger partial charge < -0.3 is 25.7 Å². The number of carbonyl (C=O) groups excluding carboxylic acids is 1. The van der Waals surface area contributed by atoms with Gasteiger partial charge in [0.05, 0.1) is 18.8 Å². The normalized spacial score (nSPS) is 15.1. The zero-order valence-corrected chi connectivity index (χ0v) is 30.3. The zero-order valence-electron chi connectivity index (χ0n) is 30.3. The molecular formula is C39H79NO5. The first kappa shape index (κ1) is 44.3. The Labute approximate surface area is 279 Å². The first-order valence-electron chi connectivity index (χ1n) is 19.8. The van der Waals surface area contributed by atoms with Crippen LogP contribution in [0.1, 0.15) is 207 Å². The predicted molar refractivity (Wildman–Crippen MR) is 191 cm³/mol. The Morgan fingerprint density at radius 1 is 0.533 bits per heavy atom. The highest BCUT2D eigenvalue weighted by Crippen LogP contribution is 2.17. The maximum absolute atomic E-state index is 12.4. The number of aliphatic hydroxyl groups excluding tert-OH is 4. The summed E-state index contributed by atoms with van der Waals surface area (Å²) in [6.45, 7) is 6.36. The van der Waals surface area contributed by atoms with Gasteiger partial charge in [-0.1, -0.05) is 194 Å². The molecule has 6 heteroatoms. The molecule has 0 saturated carbocycles. The minimum atomic E-state index is -1.25. The monoisotopic (exact) mass is 642 g/mol. The summed E-state index contributed by atoms with van der Waals surface area (Å²) in [6.07, 6.45) is 31.3. The van der Waals surface area contributed by atoms with Crippen molar-refractivity contribution in [2.24, 2.45) is 5.92 Å². The van der Waals surface area contributed by atoms with Crippen LogP contribution < -0.4 is 5.32 Å². The Balaban J connectivity index is 3.74. The van der Waals surface area contributed by atoms with E-state index < -0.39 is 36.9 Å². The molecule has 0 aromatic heterocycles. The van der Waals surface area contributed by atoms with Crippen LogP contribution in [0.25, 0.3) is 0 Å². The summed E-state index contributed by atoms with van der Waals surface area (Å²) in [4.78, 5) is 12.4. The zero-order chi connectivity index (χ0) is 33.4. The van der Waals surface area contributed by atoms with Crippen molar-refractivity contribution in [2.75, 3.05) is 6.61 Å². The average molecular weight is 642 g/mol. The molecule has 0 saturated heterocycles. The third kappa shape index (κ3) is 28.1. The van der Waals surface area contributed by atoms with E-state index in [1.165, 1.54) is 135 Å². The molecular weight excluding hydrogens is 562 g/mol. The molecule has 5 atom stereocenters. The maximum Gasteiger partial charge on any atom is 0.249 e. The molecule has 1 amide bonds. The van der Waals surface area contributed by atoms with Crippen LogP contribution in [0.3, 0.4) is 0 Å². The third-order valence-corrected chi connectivity index (χ3v) is 9.86. The van der Waals surface area contributed by atoms with E-state index in [1.807, 2.05) is 0 Å². The van der Waals surface area contributed by atoms with Crippen molar-refractivity contribution in [2.45, 2.75) is 231 Å². The van der Waals surface area contributed by atoms with Crippen LogP contribution in [0, 0.1) is 5.92 Å². The van der Waals surface area contributed by atoms with Gasteiger partial charge in [0.1, 0.15) is 12.2 Å². The molecule has 0 radical (unpaired) electrons. The molecule has 0 aliphatic heterocycles. The van der Waals surface area contributed by atoms with E-state index in [0.29, 0.717) is 12.8 Å². The van der Waals surface area contributed by atoms with Crippen LogP contribution in [-0.4, -0.2) is 57.3 Å². The predicted octanol–water partition coefficient (Wildman–Crippen LogP) is 9.54. The maximum atomic E-state index is 12.4. The Kier molecular flexibility index (Phi) is 32.7. The number of hydrogen-bond acceptors (Lipinski definition) is 5. The van der Waals surface area contributed by atoms with Crippen molar-refractivity contribution in [3.8, 4) is 0 Å². The van der Waals surface area contributed by atoms with E-state index in [-0.39, 0.29) is 0 Å². The standard InChI is InChI=1S/C39H79NO5/c1-4-6-7-8-9-10-11-12-13-14-15-16-17-18-19-22-26-29-32-37(43)39(45)40-35(33-41)38(44)36(42)31-28-25-23-20-21-24-27-30-34(3)5-2/h34-38,41-44H,4-33H2,1-3H3,(H,40,45). The van der Waals surface area contributed by atoms with Gasteiger partial charge in [0, 0.05) is 0 Å². The third-order valence-electron chi connectivity index (χ3n) is 9.86. The molecule has 0 fully saturated rings. The molecule has 0 rings (SSSR count). The summed E-state index contributed by atoms with van der Waals surface area (Å²) in [7, 11) is 0. The van der Waals surface area contributed by atoms with Crippen molar-refractivity contribution in [3.63, 3.8) is 0 Å². The molecule has 0 aromatic rings. The molecule has 270 valence electrons. The number of aliphatic hydroxyl groups is 4. The second-order valence-corrected chi connectivity index (χ2v) is 14.2. The lowest BCUT2D eigenvalue weighted by molar-refractivity contribution is -0.132. The molecule has 0 aliphatic rings. The first-order valence-corrected chi connectivity index (χ1v) is 19.8. The highest BCUT2D eigenvalue weighted by atomic mass is 16.3. The molecule has 0 bridgehead atoms. The van der Waals surface area contributed by atoms with E-state index in [4.69, 9.17) is 0 Å². The second-order valence-electron chi connectivity index (χ2n) is 14.2. The number of nitrogens with one attached hydrogen (secondary N) is 1. The largest absolute Gasteiger partial charge is 0.394 e. The van der Waals surface area contributed by atoms with Crippen molar-refractivity contribution in [1.82, 2.24) is 5.32 Å². The average Bonchev–Trinajstić information content (AvgIpc) is 3.04. The van der Waals surface area contributed by atoms with Gasteiger partial charge in [-0.05, 0) is 18.8 Å². The number of hydrogen-bond donors (Lipinski definition) is 5. The van der Waals surface area contributed by atoms with Crippen LogP contribution in [0.15, 0.2) is 0 Å². The Morgan fingerprint density at radius 2 is 0.889 bits per heavy atom. The van der Waals surface area contributed by atoms with Gasteiger partial charge >= 0.3 is 0 Å². The fraction of sp³-hybridized carbons (Fsp3) is 0.974. The molecule has 0 aliphatic carbocycles. The van der Waals surface area contributed by atoms with Crippen molar-refractivity contribution in [1.29, 1.82) is 0 Å². The van der Waals surface area contributed by atoms with Gasteiger partial charge in [0.15, 0.2) is 0 Å². The molecule has 0 heterocycles. The van der Waals surface area contributed by atoms with Crippen LogP contribution in [0.2, 0.25) is 0 Å². The fourth-order valence-electron chi connectivity index (χ4n) is 6.26. The molecule has 6 nitrogen and oxygen atoms in total. The van der Waals surface area contributed by atoms with Gasteiger partial charge in [-0.3, -0.25) is 4.79 Å². The smallest absolute Gasteiger partial charge is 0.249 e. The van der Waals surface area contributed by atoms with Gasteiger partial charge in [-0.25, -0.2) is 0 Å². The number of carbonyl (C=O) groups is 1. The summed E-state index contributed by atoms with van der Waals surface area (Å²) >= 11 is 0. The van der Waals surface area contributed by atoms with Crippen LogP contribution in [0.4, 0.5) is 0 Å². The summed E-state index contributed by atoms with van der Waals surface area (Å²) in [6, 6.07) is -0.979. The Bertz CT molecular complexity index is 618. The van der Waals surface area contributed by atoms with Gasteiger partial charge in [0.25, 0.3) is 0 Å². The Morgan fingerprint density at radius 3 is 1.27 bits per heavy atom. The van der Waals surface area contributed by atoms with E-state index in [1.54, 1.807) is 0 Å². The van der Waals surface area contributed by atoms with E-state index in [9.17, 15) is 25.2 Å². The highest BCUT2D eigenvalue weighted by Gasteiger charge is 2.28. The topological polar surface area (TPSA) is 110 Å². The van der Waals surface area contributed by atoms with E-state index in [2.05, 4.69) is 26.1 Å². The molecule has 5 N–H and O–H groups in total. The van der Waals surface area contributed by atoms with Gasteiger partial charge in [-0.15, -0.1) is 0 Å². The van der Waals surface area contributed by atoms with Crippen molar-refractivity contribution >= 4 is 5.91 Å². The molecule has 0 aromatic carbocycles. The summed E-state index contributed by atoms with van der Waals surface area (Å²) in [5.74, 6) is 0.243. The Hall–Kier alpha value is -0.690. The SMILES string of the molecule is CCCCCCCCCCCCCCCCCCCCC(O)C(=O)NC(CO)C(O)C(O)CCCCCCCCCC(C)CC. The van der Waals surface area contributed by atoms with Gasteiger partial charge in [-0.2, -0.15) is 0 Å². The first-order chi connectivity index (χ1) is 21.9. The van der Waals surface area contributed by atoms with E-state index in [0.717, 1.165) is 44.4 Å². The number of rotatable bonds is 35. The lowest BCUT2D eigenvalue weighted by Crippen LogP contribution is -2.53. The van der Waals surface area contributed by atoms with Crippen LogP contribution >= 0.6 is 0 Å². The fourth-order valence-corrected chi connectivity index (χ4v) is 6.26. The van der Waals surface area contributed by atoms with E-state index >= 15 is 0 Å². The van der Waals surface area contributed by atoms with Crippen LogP contribution in [0.5, 0.6) is 0 Å². The lowest BCUT2D eigenvalue weighted by atomic mass is 9.98. The van der Waals surface area contributed by atoms with Gasteiger partial charge in [0.2, 0.25) is 5.91 Å². The summed E-state index contributed by atoms with van der Waals surface area (Å²) in [5, 5.41) is 43.5. The molecule has 0 spiro atoms. The number of unbranched alkanes of at least 4 members (excludes halogenated alkanes) is 23. The lowest BCUT2D eigenvalue weighted by Gasteiger charge is -2.27. The summed E-state index contributed by atoms with van der Waals surface area (Å²) < 4.78 is 0. The quantitative estimate of drug-likeness (QED) is 0.0443.